The smallest absolute Gasteiger partial charge is 0.270 e. The second-order valence-corrected chi connectivity index (χ2v) is 7.98. The van der Waals surface area contributed by atoms with Gasteiger partial charge in [-0.2, -0.15) is 4.98 Å². The minimum Gasteiger partial charge on any atom is -0.495 e. The Kier molecular flexibility index (Phi) is 6.81. The number of nitrogens with zero attached hydrogens (tertiary/aromatic N) is 4. The first-order valence-electron chi connectivity index (χ1n) is 10.9. The standard InChI is InChI=1S/C22H30N6O3/c1-15(24-21(29)18-8-7-17(30-2)14-23-18)19-13-20(25-16-5-3-4-6-16)27-22(26-19)28-9-11-31-12-10-28/h7-8,13-16H,3-6,9-12H2,1-2H3,(H,24,29)(H,25,26,27)/t15-/m0/s1. The summed E-state index contributed by atoms with van der Waals surface area (Å²) in [5.74, 6) is 1.83. The molecule has 31 heavy (non-hydrogen) atoms. The van der Waals surface area contributed by atoms with Crippen LogP contribution < -0.4 is 20.3 Å². The third-order valence-electron chi connectivity index (χ3n) is 5.73. The number of hydrogen-bond acceptors (Lipinski definition) is 8. The maximum atomic E-state index is 12.7. The molecule has 2 aromatic heterocycles. The summed E-state index contributed by atoms with van der Waals surface area (Å²) in [6, 6.07) is 5.44. The van der Waals surface area contributed by atoms with Crippen molar-refractivity contribution in [1.29, 1.82) is 0 Å². The molecule has 4 rings (SSSR count). The number of carbonyl (C=O) groups is 1. The number of carbonyl (C=O) groups excluding carboxylic acids is 1. The zero-order valence-corrected chi connectivity index (χ0v) is 18.1. The van der Waals surface area contributed by atoms with Gasteiger partial charge in [-0.1, -0.05) is 12.8 Å². The van der Waals surface area contributed by atoms with Crippen LogP contribution in [0.1, 0.15) is 54.8 Å². The first kappa shape index (κ1) is 21.3. The van der Waals surface area contributed by atoms with Gasteiger partial charge < -0.3 is 25.0 Å². The number of morpholine rings is 1. The van der Waals surface area contributed by atoms with Crippen molar-refractivity contribution in [3.63, 3.8) is 0 Å². The van der Waals surface area contributed by atoms with Gasteiger partial charge in [0.1, 0.15) is 17.3 Å². The number of anilines is 2. The Morgan fingerprint density at radius 2 is 2.00 bits per heavy atom. The fourth-order valence-corrected chi connectivity index (χ4v) is 3.91. The topological polar surface area (TPSA) is 102 Å². The molecule has 0 unspecified atom stereocenters. The average molecular weight is 427 g/mol. The van der Waals surface area contributed by atoms with Gasteiger partial charge in [0.2, 0.25) is 5.95 Å². The van der Waals surface area contributed by atoms with Gasteiger partial charge in [-0.05, 0) is 31.9 Å². The van der Waals surface area contributed by atoms with E-state index < -0.39 is 0 Å². The minimum absolute atomic E-state index is 0.257. The molecule has 9 nitrogen and oxygen atoms in total. The fourth-order valence-electron chi connectivity index (χ4n) is 3.91. The number of aromatic nitrogens is 3. The highest BCUT2D eigenvalue weighted by Crippen LogP contribution is 2.25. The van der Waals surface area contributed by atoms with Gasteiger partial charge in [-0.15, -0.1) is 0 Å². The van der Waals surface area contributed by atoms with Gasteiger partial charge in [0.15, 0.2) is 0 Å². The average Bonchev–Trinajstić information content (AvgIpc) is 3.32. The number of amides is 1. The summed E-state index contributed by atoms with van der Waals surface area (Å²) in [7, 11) is 1.57. The van der Waals surface area contributed by atoms with E-state index in [2.05, 4.69) is 20.5 Å². The van der Waals surface area contributed by atoms with Gasteiger partial charge in [-0.25, -0.2) is 9.97 Å². The molecule has 1 amide bonds. The Morgan fingerprint density at radius 1 is 1.23 bits per heavy atom. The molecule has 1 atom stereocenters. The quantitative estimate of drug-likeness (QED) is 0.697. The molecule has 2 aromatic rings. The highest BCUT2D eigenvalue weighted by molar-refractivity contribution is 5.92. The van der Waals surface area contributed by atoms with E-state index in [0.29, 0.717) is 36.6 Å². The number of rotatable bonds is 7. The molecule has 0 aromatic carbocycles. The Labute approximate surface area is 182 Å². The second-order valence-electron chi connectivity index (χ2n) is 7.98. The minimum atomic E-state index is -0.302. The lowest BCUT2D eigenvalue weighted by atomic mass is 10.2. The molecule has 9 heteroatoms. The van der Waals surface area contributed by atoms with E-state index in [1.807, 2.05) is 13.0 Å². The van der Waals surface area contributed by atoms with Gasteiger partial charge in [0, 0.05) is 25.2 Å². The monoisotopic (exact) mass is 426 g/mol. The zero-order valence-electron chi connectivity index (χ0n) is 18.1. The SMILES string of the molecule is COc1ccc(C(=O)N[C@@H](C)c2cc(NC3CCCC3)nc(N3CCOCC3)n2)nc1. The predicted octanol–water partition coefficient (Wildman–Crippen LogP) is 2.56. The van der Waals surface area contributed by atoms with E-state index in [-0.39, 0.29) is 11.9 Å². The van der Waals surface area contributed by atoms with Crippen LogP contribution in [-0.4, -0.2) is 60.3 Å². The van der Waals surface area contributed by atoms with Crippen LogP contribution in [0.25, 0.3) is 0 Å². The molecule has 1 saturated carbocycles. The van der Waals surface area contributed by atoms with Crippen molar-refractivity contribution in [2.45, 2.75) is 44.7 Å². The Morgan fingerprint density at radius 3 is 2.68 bits per heavy atom. The first-order chi connectivity index (χ1) is 15.1. The van der Waals surface area contributed by atoms with Crippen molar-refractivity contribution >= 4 is 17.7 Å². The van der Waals surface area contributed by atoms with Crippen LogP contribution in [0.4, 0.5) is 11.8 Å². The maximum Gasteiger partial charge on any atom is 0.270 e. The zero-order chi connectivity index (χ0) is 21.6. The molecule has 2 aliphatic rings. The largest absolute Gasteiger partial charge is 0.495 e. The molecule has 1 aliphatic carbocycles. The molecule has 1 aliphatic heterocycles. The van der Waals surface area contributed by atoms with Crippen molar-refractivity contribution in [3.05, 3.63) is 35.8 Å². The first-order valence-corrected chi connectivity index (χ1v) is 10.9. The molecule has 0 spiro atoms. The Hall–Kier alpha value is -2.94. The summed E-state index contributed by atoms with van der Waals surface area (Å²) in [4.78, 5) is 28.5. The summed E-state index contributed by atoms with van der Waals surface area (Å²) in [6.45, 7) is 4.75. The molecule has 1 saturated heterocycles. The predicted molar refractivity (Wildman–Crippen MR) is 118 cm³/mol. The van der Waals surface area contributed by atoms with Crippen LogP contribution in [0.3, 0.4) is 0 Å². The van der Waals surface area contributed by atoms with Crippen LogP contribution in [0.5, 0.6) is 5.75 Å². The van der Waals surface area contributed by atoms with Gasteiger partial charge >= 0.3 is 0 Å². The van der Waals surface area contributed by atoms with Crippen molar-refractivity contribution in [2.24, 2.45) is 0 Å². The third kappa shape index (κ3) is 5.41. The Bertz CT molecular complexity index is 879. The molecule has 0 radical (unpaired) electrons. The van der Waals surface area contributed by atoms with Crippen molar-refractivity contribution in [3.8, 4) is 5.75 Å². The Balaban J connectivity index is 1.53. The number of pyridine rings is 1. The van der Waals surface area contributed by atoms with Gasteiger partial charge in [-0.3, -0.25) is 4.79 Å². The van der Waals surface area contributed by atoms with Gasteiger partial charge in [0.25, 0.3) is 5.91 Å². The summed E-state index contributed by atoms with van der Waals surface area (Å²) < 4.78 is 10.6. The van der Waals surface area contributed by atoms with Crippen LogP contribution in [0.2, 0.25) is 0 Å². The van der Waals surface area contributed by atoms with E-state index >= 15 is 0 Å². The lowest BCUT2D eigenvalue weighted by Gasteiger charge is -2.28. The lowest BCUT2D eigenvalue weighted by molar-refractivity contribution is 0.0934. The molecule has 2 fully saturated rings. The third-order valence-corrected chi connectivity index (χ3v) is 5.73. The van der Waals surface area contributed by atoms with Crippen LogP contribution in [0, 0.1) is 0 Å². The van der Waals surface area contributed by atoms with E-state index in [0.717, 1.165) is 37.4 Å². The number of hydrogen-bond donors (Lipinski definition) is 2. The molecular weight excluding hydrogens is 396 g/mol. The lowest BCUT2D eigenvalue weighted by Crippen LogP contribution is -2.38. The summed E-state index contributed by atoms with van der Waals surface area (Å²) >= 11 is 0. The van der Waals surface area contributed by atoms with Crippen molar-refractivity contribution < 1.29 is 14.3 Å². The van der Waals surface area contributed by atoms with E-state index in [1.54, 1.807) is 19.2 Å². The molecular formula is C22H30N6O3. The van der Waals surface area contributed by atoms with E-state index in [1.165, 1.54) is 19.0 Å². The normalized spacial score (nSPS) is 17.9. The second kappa shape index (κ2) is 9.91. The molecule has 0 bridgehead atoms. The number of methoxy groups -OCH3 is 1. The molecule has 3 heterocycles. The summed E-state index contributed by atoms with van der Waals surface area (Å²) in [5.41, 5.74) is 1.10. The molecule has 2 N–H and O–H groups in total. The molecule has 166 valence electrons. The highest BCUT2D eigenvalue weighted by Gasteiger charge is 2.21. The number of ether oxygens (including phenoxy) is 2. The van der Waals surface area contributed by atoms with E-state index in [9.17, 15) is 4.79 Å². The van der Waals surface area contributed by atoms with E-state index in [4.69, 9.17) is 19.4 Å². The van der Waals surface area contributed by atoms with Crippen LogP contribution >= 0.6 is 0 Å². The van der Waals surface area contributed by atoms with Crippen LogP contribution in [0.15, 0.2) is 24.4 Å². The summed E-state index contributed by atoms with van der Waals surface area (Å²) in [5, 5.41) is 6.56. The fraction of sp³-hybridized carbons (Fsp3) is 0.545. The highest BCUT2D eigenvalue weighted by atomic mass is 16.5. The summed E-state index contributed by atoms with van der Waals surface area (Å²) in [6.07, 6.45) is 6.33. The van der Waals surface area contributed by atoms with Crippen LogP contribution in [-0.2, 0) is 4.74 Å². The maximum absolute atomic E-state index is 12.7. The van der Waals surface area contributed by atoms with Crippen molar-refractivity contribution in [2.75, 3.05) is 43.6 Å². The number of nitrogens with one attached hydrogen (secondary N) is 2. The van der Waals surface area contributed by atoms with Crippen molar-refractivity contribution in [1.82, 2.24) is 20.3 Å². The van der Waals surface area contributed by atoms with Gasteiger partial charge in [0.05, 0.1) is 38.3 Å².